The van der Waals surface area contributed by atoms with Crippen molar-refractivity contribution in [2.45, 2.75) is 6.42 Å². The number of carbonyl (C=O) groups is 2. The second kappa shape index (κ2) is 5.37. The van der Waals surface area contributed by atoms with Crippen molar-refractivity contribution in [1.29, 1.82) is 0 Å². The lowest BCUT2D eigenvalue weighted by molar-refractivity contribution is -0.144. The predicted octanol–water partition coefficient (Wildman–Crippen LogP) is 2.12. The number of nitrogens with two attached hydrogens (primary N) is 1. The molecule has 0 aliphatic carbocycles. The highest BCUT2D eigenvalue weighted by Gasteiger charge is 2.32. The Morgan fingerprint density at radius 3 is 2.95 bits per heavy atom. The monoisotopic (exact) mass is 304 g/mol. The van der Waals surface area contributed by atoms with Gasteiger partial charge in [-0.3, -0.25) is 9.59 Å². The number of fused-ring (bicyclic) bond motifs is 1. The molecule has 1 unspecified atom stereocenters. The number of likely N-dealkylation sites (tertiary alicyclic amines) is 1. The molecule has 2 N–H and O–H groups in total. The third-order valence-electron chi connectivity index (χ3n) is 3.76. The second-order valence-corrected chi connectivity index (χ2v) is 6.25. The van der Waals surface area contributed by atoms with Crippen LogP contribution in [0.4, 0.5) is 5.69 Å². The maximum absolute atomic E-state index is 12.5. The average molecular weight is 304 g/mol. The first-order valence-electron chi connectivity index (χ1n) is 6.74. The zero-order valence-corrected chi connectivity index (χ0v) is 12.5. The summed E-state index contributed by atoms with van der Waals surface area (Å²) in [7, 11) is 1.38. The molecule has 1 saturated heterocycles. The van der Waals surface area contributed by atoms with Crippen molar-refractivity contribution in [1.82, 2.24) is 4.90 Å². The number of thiophene rings is 1. The Morgan fingerprint density at radius 2 is 2.19 bits per heavy atom. The molecule has 110 valence electrons. The smallest absolute Gasteiger partial charge is 0.310 e. The van der Waals surface area contributed by atoms with Gasteiger partial charge in [-0.2, -0.15) is 0 Å². The maximum Gasteiger partial charge on any atom is 0.310 e. The van der Waals surface area contributed by atoms with Gasteiger partial charge in [0.2, 0.25) is 0 Å². The molecular weight excluding hydrogens is 288 g/mol. The van der Waals surface area contributed by atoms with E-state index < -0.39 is 0 Å². The highest BCUT2D eigenvalue weighted by atomic mass is 32.1. The zero-order valence-electron chi connectivity index (χ0n) is 11.7. The number of esters is 1. The number of benzene rings is 1. The quantitative estimate of drug-likeness (QED) is 0.681. The lowest BCUT2D eigenvalue weighted by Crippen LogP contribution is -2.29. The summed E-state index contributed by atoms with van der Waals surface area (Å²) in [6.07, 6.45) is 0.663. The topological polar surface area (TPSA) is 72.6 Å². The Labute approximate surface area is 126 Å². The van der Waals surface area contributed by atoms with E-state index in [2.05, 4.69) is 0 Å². The van der Waals surface area contributed by atoms with Crippen LogP contribution in [0.5, 0.6) is 0 Å². The van der Waals surface area contributed by atoms with Crippen LogP contribution in [-0.4, -0.2) is 37.0 Å². The van der Waals surface area contributed by atoms with Gasteiger partial charge in [-0.15, -0.1) is 11.3 Å². The third kappa shape index (κ3) is 2.58. The van der Waals surface area contributed by atoms with Crippen LogP contribution in [0.25, 0.3) is 10.1 Å². The summed E-state index contributed by atoms with van der Waals surface area (Å²) < 4.78 is 5.78. The molecule has 0 spiro atoms. The van der Waals surface area contributed by atoms with E-state index in [4.69, 9.17) is 10.5 Å². The fourth-order valence-electron chi connectivity index (χ4n) is 2.63. The van der Waals surface area contributed by atoms with E-state index in [-0.39, 0.29) is 17.8 Å². The summed E-state index contributed by atoms with van der Waals surface area (Å²) in [6, 6.07) is 7.48. The number of nitrogens with zero attached hydrogens (tertiary/aromatic N) is 1. The maximum atomic E-state index is 12.5. The molecule has 0 saturated carbocycles. The van der Waals surface area contributed by atoms with E-state index in [9.17, 15) is 9.59 Å². The van der Waals surface area contributed by atoms with Crippen molar-refractivity contribution in [3.63, 3.8) is 0 Å². The molecular formula is C15H16N2O3S. The van der Waals surface area contributed by atoms with E-state index >= 15 is 0 Å². The summed E-state index contributed by atoms with van der Waals surface area (Å²) in [5.74, 6) is -0.473. The van der Waals surface area contributed by atoms with Crippen molar-refractivity contribution in [2.75, 3.05) is 25.9 Å². The van der Waals surface area contributed by atoms with Crippen LogP contribution in [0.1, 0.15) is 16.1 Å². The molecule has 1 fully saturated rings. The minimum absolute atomic E-state index is 0.0267. The first-order chi connectivity index (χ1) is 10.1. The van der Waals surface area contributed by atoms with Gasteiger partial charge in [0.15, 0.2) is 0 Å². The van der Waals surface area contributed by atoms with Crippen molar-refractivity contribution in [2.24, 2.45) is 5.92 Å². The molecule has 1 aromatic heterocycles. The predicted molar refractivity (Wildman–Crippen MR) is 82.3 cm³/mol. The Bertz CT molecular complexity index is 710. The number of carbonyl (C=O) groups excluding carboxylic acids is 2. The van der Waals surface area contributed by atoms with Crippen LogP contribution in [0.15, 0.2) is 24.3 Å². The summed E-state index contributed by atoms with van der Waals surface area (Å²) in [5, 5.41) is 0.979. The van der Waals surface area contributed by atoms with Crippen LogP contribution in [-0.2, 0) is 9.53 Å². The summed E-state index contributed by atoms with van der Waals surface area (Å²) >= 11 is 1.45. The highest BCUT2D eigenvalue weighted by Crippen LogP contribution is 2.29. The van der Waals surface area contributed by atoms with Gasteiger partial charge in [0, 0.05) is 23.5 Å². The Balaban J connectivity index is 1.79. The Kier molecular flexibility index (Phi) is 3.55. The number of hydrogen-bond acceptors (Lipinski definition) is 5. The van der Waals surface area contributed by atoms with Gasteiger partial charge >= 0.3 is 5.97 Å². The van der Waals surface area contributed by atoms with Crippen molar-refractivity contribution >= 4 is 39.0 Å². The van der Waals surface area contributed by atoms with Crippen LogP contribution in [0, 0.1) is 5.92 Å². The van der Waals surface area contributed by atoms with Gasteiger partial charge in [-0.05, 0) is 36.1 Å². The Morgan fingerprint density at radius 1 is 1.38 bits per heavy atom. The SMILES string of the molecule is COC(=O)C1CCN(C(=O)c2cc3cc(N)ccc3s2)C1. The first kappa shape index (κ1) is 13.9. The number of hydrogen-bond donors (Lipinski definition) is 1. The molecule has 5 nitrogen and oxygen atoms in total. The van der Waals surface area contributed by atoms with Crippen LogP contribution in [0.2, 0.25) is 0 Å². The van der Waals surface area contributed by atoms with Gasteiger partial charge in [0.25, 0.3) is 5.91 Å². The molecule has 0 radical (unpaired) electrons. The van der Waals surface area contributed by atoms with E-state index in [0.29, 0.717) is 30.1 Å². The van der Waals surface area contributed by atoms with Crippen LogP contribution < -0.4 is 5.73 Å². The average Bonchev–Trinajstić information content (AvgIpc) is 3.11. The fraction of sp³-hybridized carbons (Fsp3) is 0.333. The number of anilines is 1. The molecule has 0 bridgehead atoms. The van der Waals surface area contributed by atoms with Gasteiger partial charge in [0.1, 0.15) is 0 Å². The number of ether oxygens (including phenoxy) is 1. The first-order valence-corrected chi connectivity index (χ1v) is 7.56. The van der Waals surface area contributed by atoms with E-state index in [0.717, 1.165) is 10.1 Å². The lowest BCUT2D eigenvalue weighted by atomic mass is 10.1. The molecule has 1 amide bonds. The molecule has 1 aromatic carbocycles. The molecule has 21 heavy (non-hydrogen) atoms. The number of rotatable bonds is 2. The molecule has 2 heterocycles. The van der Waals surface area contributed by atoms with E-state index in [1.54, 1.807) is 4.90 Å². The zero-order chi connectivity index (χ0) is 15.0. The second-order valence-electron chi connectivity index (χ2n) is 5.17. The van der Waals surface area contributed by atoms with E-state index in [1.807, 2.05) is 24.3 Å². The summed E-state index contributed by atoms with van der Waals surface area (Å²) in [6.45, 7) is 1.02. The highest BCUT2D eigenvalue weighted by molar-refractivity contribution is 7.20. The third-order valence-corrected chi connectivity index (χ3v) is 4.87. The van der Waals surface area contributed by atoms with Crippen molar-refractivity contribution in [3.05, 3.63) is 29.1 Å². The lowest BCUT2D eigenvalue weighted by Gasteiger charge is -2.14. The normalized spacial score (nSPS) is 18.1. The van der Waals surface area contributed by atoms with Gasteiger partial charge in [-0.25, -0.2) is 0 Å². The minimum Gasteiger partial charge on any atom is -0.469 e. The number of amides is 1. The van der Waals surface area contributed by atoms with Crippen molar-refractivity contribution in [3.8, 4) is 0 Å². The molecule has 2 aromatic rings. The molecule has 1 aliphatic rings. The van der Waals surface area contributed by atoms with Crippen LogP contribution in [0.3, 0.4) is 0 Å². The number of nitrogen functional groups attached to an aromatic ring is 1. The van der Waals surface area contributed by atoms with Crippen LogP contribution >= 0.6 is 11.3 Å². The molecule has 1 aliphatic heterocycles. The molecule has 3 rings (SSSR count). The van der Waals surface area contributed by atoms with E-state index in [1.165, 1.54) is 18.4 Å². The Hall–Kier alpha value is -2.08. The standard InChI is InChI=1S/C15H16N2O3S/c1-20-15(19)9-4-5-17(8-9)14(18)13-7-10-6-11(16)2-3-12(10)21-13/h2-3,6-7,9H,4-5,8,16H2,1H3. The largest absolute Gasteiger partial charge is 0.469 e. The molecule has 6 heteroatoms. The summed E-state index contributed by atoms with van der Waals surface area (Å²) in [4.78, 5) is 26.4. The minimum atomic E-state index is -0.241. The number of methoxy groups -OCH3 is 1. The van der Waals surface area contributed by atoms with Gasteiger partial charge < -0.3 is 15.4 Å². The van der Waals surface area contributed by atoms with Gasteiger partial charge in [-0.1, -0.05) is 0 Å². The van der Waals surface area contributed by atoms with Crippen molar-refractivity contribution < 1.29 is 14.3 Å². The summed E-state index contributed by atoms with van der Waals surface area (Å²) in [5.41, 5.74) is 6.44. The fourth-order valence-corrected chi connectivity index (χ4v) is 3.64. The van der Waals surface area contributed by atoms with Gasteiger partial charge in [0.05, 0.1) is 17.9 Å². The molecule has 1 atom stereocenters.